The number of nitrogens with two attached hydrogens (primary N) is 1. The van der Waals surface area contributed by atoms with Crippen LogP contribution in [0, 0.1) is 11.3 Å². The molecule has 1 atom stereocenters. The molecule has 17 heavy (non-hydrogen) atoms. The lowest BCUT2D eigenvalue weighted by Crippen LogP contribution is -2.33. The van der Waals surface area contributed by atoms with Crippen LogP contribution < -0.4 is 5.73 Å². The van der Waals surface area contributed by atoms with E-state index < -0.39 is 0 Å². The van der Waals surface area contributed by atoms with E-state index in [1.165, 1.54) is 5.56 Å². The monoisotopic (exact) mass is 232 g/mol. The number of carbonyl (C=O) groups is 1. The van der Waals surface area contributed by atoms with Crippen molar-refractivity contribution in [2.75, 3.05) is 13.1 Å². The van der Waals surface area contributed by atoms with E-state index in [0.29, 0.717) is 13.1 Å². The third kappa shape index (κ3) is 2.20. The van der Waals surface area contributed by atoms with Crippen molar-refractivity contribution in [3.8, 4) is 0 Å². The van der Waals surface area contributed by atoms with Crippen LogP contribution in [0.4, 0.5) is 0 Å². The lowest BCUT2D eigenvalue weighted by atomic mass is 9.81. The third-order valence-corrected chi connectivity index (χ3v) is 3.80. The fourth-order valence-corrected chi connectivity index (χ4v) is 2.47. The summed E-state index contributed by atoms with van der Waals surface area (Å²) in [5.74, 6) is 0.482. The van der Waals surface area contributed by atoms with Gasteiger partial charge in [-0.2, -0.15) is 0 Å². The van der Waals surface area contributed by atoms with Crippen molar-refractivity contribution in [1.82, 2.24) is 4.90 Å². The second kappa shape index (κ2) is 4.49. The minimum Gasteiger partial charge on any atom is -0.338 e. The Hall–Kier alpha value is -1.35. The highest BCUT2D eigenvalue weighted by molar-refractivity contribution is 5.84. The molecule has 2 N–H and O–H groups in total. The Bertz CT molecular complexity index is 400. The molecular formula is C14H20N2O. The highest BCUT2D eigenvalue weighted by Crippen LogP contribution is 2.36. The van der Waals surface area contributed by atoms with Gasteiger partial charge in [0.25, 0.3) is 0 Å². The number of hydrogen-bond donors (Lipinski definition) is 1. The van der Waals surface area contributed by atoms with E-state index in [1.54, 1.807) is 0 Å². The highest BCUT2D eigenvalue weighted by Gasteiger charge is 2.45. The SMILES string of the molecule is CC1(C)C(=O)N(Cc2ccccc2)CC1CN. The number of likely N-dealkylation sites (tertiary alicyclic amines) is 1. The van der Waals surface area contributed by atoms with Crippen molar-refractivity contribution >= 4 is 5.91 Å². The molecule has 0 saturated carbocycles. The molecule has 0 spiro atoms. The van der Waals surface area contributed by atoms with Gasteiger partial charge in [0.1, 0.15) is 0 Å². The van der Waals surface area contributed by atoms with Gasteiger partial charge < -0.3 is 10.6 Å². The van der Waals surface area contributed by atoms with E-state index >= 15 is 0 Å². The molecule has 1 amide bonds. The first-order valence-corrected chi connectivity index (χ1v) is 6.09. The fraction of sp³-hybridized carbons (Fsp3) is 0.500. The van der Waals surface area contributed by atoms with Gasteiger partial charge >= 0.3 is 0 Å². The molecular weight excluding hydrogens is 212 g/mol. The number of rotatable bonds is 3. The summed E-state index contributed by atoms with van der Waals surface area (Å²) in [5, 5.41) is 0. The van der Waals surface area contributed by atoms with Crippen LogP contribution in [0.5, 0.6) is 0 Å². The van der Waals surface area contributed by atoms with Gasteiger partial charge in [0.05, 0.1) is 0 Å². The van der Waals surface area contributed by atoms with Crippen LogP contribution >= 0.6 is 0 Å². The van der Waals surface area contributed by atoms with Gasteiger partial charge in [-0.3, -0.25) is 4.79 Å². The number of hydrogen-bond acceptors (Lipinski definition) is 2. The van der Waals surface area contributed by atoms with E-state index in [9.17, 15) is 4.79 Å². The van der Waals surface area contributed by atoms with Crippen molar-refractivity contribution in [3.05, 3.63) is 35.9 Å². The highest BCUT2D eigenvalue weighted by atomic mass is 16.2. The van der Waals surface area contributed by atoms with Crippen LogP contribution in [-0.4, -0.2) is 23.9 Å². The minimum absolute atomic E-state index is 0.219. The van der Waals surface area contributed by atoms with Gasteiger partial charge in [0.2, 0.25) is 5.91 Å². The Morgan fingerprint density at radius 1 is 1.35 bits per heavy atom. The average molecular weight is 232 g/mol. The summed E-state index contributed by atoms with van der Waals surface area (Å²) < 4.78 is 0. The third-order valence-electron chi connectivity index (χ3n) is 3.80. The van der Waals surface area contributed by atoms with E-state index in [1.807, 2.05) is 36.9 Å². The lowest BCUT2D eigenvalue weighted by Gasteiger charge is -2.22. The maximum absolute atomic E-state index is 12.3. The first kappa shape index (κ1) is 12.1. The predicted molar refractivity (Wildman–Crippen MR) is 68.2 cm³/mol. The molecule has 2 rings (SSSR count). The molecule has 1 heterocycles. The maximum atomic E-state index is 12.3. The quantitative estimate of drug-likeness (QED) is 0.861. The summed E-state index contributed by atoms with van der Waals surface area (Å²) >= 11 is 0. The van der Waals surface area contributed by atoms with E-state index in [2.05, 4.69) is 12.1 Å². The summed E-state index contributed by atoms with van der Waals surface area (Å²) in [6.45, 7) is 6.04. The molecule has 92 valence electrons. The zero-order valence-electron chi connectivity index (χ0n) is 10.5. The van der Waals surface area contributed by atoms with Gasteiger partial charge in [-0.25, -0.2) is 0 Å². The molecule has 0 bridgehead atoms. The Morgan fingerprint density at radius 3 is 2.53 bits per heavy atom. The van der Waals surface area contributed by atoms with Crippen LogP contribution in [0.3, 0.4) is 0 Å². The smallest absolute Gasteiger partial charge is 0.228 e. The molecule has 1 aromatic carbocycles. The largest absolute Gasteiger partial charge is 0.338 e. The molecule has 1 aliphatic heterocycles. The summed E-state index contributed by atoms with van der Waals surface area (Å²) in [5.41, 5.74) is 6.61. The standard InChI is InChI=1S/C14H20N2O/c1-14(2)12(8-15)10-16(13(14)17)9-11-6-4-3-5-7-11/h3-7,12H,8-10,15H2,1-2H3. The van der Waals surface area contributed by atoms with Gasteiger partial charge in [-0.05, 0) is 12.1 Å². The van der Waals surface area contributed by atoms with Crippen molar-refractivity contribution < 1.29 is 4.79 Å². The van der Waals surface area contributed by atoms with Crippen LogP contribution in [0.1, 0.15) is 19.4 Å². The van der Waals surface area contributed by atoms with Crippen LogP contribution in [0.2, 0.25) is 0 Å². The normalized spacial score (nSPS) is 23.1. The maximum Gasteiger partial charge on any atom is 0.228 e. The number of carbonyl (C=O) groups excluding carboxylic acids is 1. The van der Waals surface area contributed by atoms with Gasteiger partial charge in [-0.1, -0.05) is 44.2 Å². The Labute approximate surface area is 103 Å². The molecule has 0 radical (unpaired) electrons. The molecule has 1 fully saturated rings. The molecule has 0 aromatic heterocycles. The molecule has 1 unspecified atom stereocenters. The Morgan fingerprint density at radius 2 is 2.00 bits per heavy atom. The van der Waals surface area contributed by atoms with Crippen molar-refractivity contribution in [3.63, 3.8) is 0 Å². The second-order valence-electron chi connectivity index (χ2n) is 5.33. The Balaban J connectivity index is 2.12. The Kier molecular flexibility index (Phi) is 3.20. The number of amides is 1. The topological polar surface area (TPSA) is 46.3 Å². The van der Waals surface area contributed by atoms with Gasteiger partial charge in [0, 0.05) is 24.4 Å². The zero-order valence-corrected chi connectivity index (χ0v) is 10.5. The fourth-order valence-electron chi connectivity index (χ4n) is 2.47. The van der Waals surface area contributed by atoms with E-state index in [4.69, 9.17) is 5.73 Å². The van der Waals surface area contributed by atoms with Gasteiger partial charge in [0.15, 0.2) is 0 Å². The molecule has 3 heteroatoms. The zero-order chi connectivity index (χ0) is 12.5. The molecule has 0 aliphatic carbocycles. The summed E-state index contributed by atoms with van der Waals surface area (Å²) in [4.78, 5) is 14.2. The first-order valence-electron chi connectivity index (χ1n) is 6.09. The van der Waals surface area contributed by atoms with Crippen molar-refractivity contribution in [2.24, 2.45) is 17.1 Å². The summed E-state index contributed by atoms with van der Waals surface area (Å²) in [7, 11) is 0. The number of benzene rings is 1. The van der Waals surface area contributed by atoms with Crippen LogP contribution in [0.25, 0.3) is 0 Å². The average Bonchev–Trinajstić information content (AvgIpc) is 2.54. The predicted octanol–water partition coefficient (Wildman–Crippen LogP) is 1.63. The summed E-state index contributed by atoms with van der Waals surface area (Å²) in [6, 6.07) is 10.1. The van der Waals surface area contributed by atoms with Crippen LogP contribution in [-0.2, 0) is 11.3 Å². The minimum atomic E-state index is -0.316. The first-order chi connectivity index (χ1) is 8.05. The number of nitrogens with zero attached hydrogens (tertiary/aromatic N) is 1. The van der Waals surface area contributed by atoms with Crippen molar-refractivity contribution in [2.45, 2.75) is 20.4 Å². The molecule has 1 saturated heterocycles. The van der Waals surface area contributed by atoms with E-state index in [-0.39, 0.29) is 17.2 Å². The molecule has 1 aliphatic rings. The molecule has 1 aromatic rings. The van der Waals surface area contributed by atoms with Crippen molar-refractivity contribution in [1.29, 1.82) is 0 Å². The van der Waals surface area contributed by atoms with Gasteiger partial charge in [-0.15, -0.1) is 0 Å². The lowest BCUT2D eigenvalue weighted by molar-refractivity contribution is -0.135. The van der Waals surface area contributed by atoms with Crippen LogP contribution in [0.15, 0.2) is 30.3 Å². The molecule has 3 nitrogen and oxygen atoms in total. The second-order valence-corrected chi connectivity index (χ2v) is 5.33. The van der Waals surface area contributed by atoms with E-state index in [0.717, 1.165) is 6.54 Å². The summed E-state index contributed by atoms with van der Waals surface area (Å²) in [6.07, 6.45) is 0.